The van der Waals surface area contributed by atoms with Gasteiger partial charge in [-0.3, -0.25) is 0 Å². The number of aryl methyl sites for hydroxylation is 1. The number of anilines is 1. The summed E-state index contributed by atoms with van der Waals surface area (Å²) in [6.07, 6.45) is 1.32. The standard InChI is InChI=1S/C12H16ClNO2S/c1-9-2-3-12(11(13)8-9)14-10-4-6-17(15,16)7-5-10/h2-3,8,10,14H,4-7H2,1H3. The normalized spacial score (nSPS) is 20.1. The molecule has 3 nitrogen and oxygen atoms in total. The number of rotatable bonds is 2. The van der Waals surface area contributed by atoms with Crippen LogP contribution in [0.3, 0.4) is 0 Å². The molecule has 1 N–H and O–H groups in total. The van der Waals surface area contributed by atoms with Crippen molar-refractivity contribution in [1.29, 1.82) is 0 Å². The summed E-state index contributed by atoms with van der Waals surface area (Å²) in [5.74, 6) is 0.544. The van der Waals surface area contributed by atoms with Gasteiger partial charge in [0.25, 0.3) is 0 Å². The van der Waals surface area contributed by atoms with Crippen LogP contribution in [0.4, 0.5) is 5.69 Å². The van der Waals surface area contributed by atoms with Crippen LogP contribution < -0.4 is 5.32 Å². The quantitative estimate of drug-likeness (QED) is 0.901. The van der Waals surface area contributed by atoms with Crippen LogP contribution in [0.1, 0.15) is 18.4 Å². The van der Waals surface area contributed by atoms with Crippen molar-refractivity contribution >= 4 is 27.1 Å². The van der Waals surface area contributed by atoms with Gasteiger partial charge in [0.2, 0.25) is 0 Å². The first-order valence-corrected chi connectivity index (χ1v) is 7.89. The molecule has 0 aliphatic carbocycles. The van der Waals surface area contributed by atoms with E-state index in [4.69, 9.17) is 11.6 Å². The molecule has 0 saturated carbocycles. The molecule has 1 aliphatic rings. The zero-order valence-electron chi connectivity index (χ0n) is 9.74. The van der Waals surface area contributed by atoms with Gasteiger partial charge in [0.05, 0.1) is 22.2 Å². The highest BCUT2D eigenvalue weighted by molar-refractivity contribution is 7.91. The number of benzene rings is 1. The number of halogens is 1. The maximum atomic E-state index is 11.3. The second kappa shape index (κ2) is 4.86. The maximum absolute atomic E-state index is 11.3. The van der Waals surface area contributed by atoms with Crippen molar-refractivity contribution in [2.75, 3.05) is 16.8 Å². The van der Waals surface area contributed by atoms with Crippen molar-refractivity contribution < 1.29 is 8.42 Å². The van der Waals surface area contributed by atoms with Crippen molar-refractivity contribution in [1.82, 2.24) is 0 Å². The SMILES string of the molecule is Cc1ccc(NC2CCS(=O)(=O)CC2)c(Cl)c1. The molecule has 94 valence electrons. The molecule has 1 saturated heterocycles. The third-order valence-corrected chi connectivity index (χ3v) is 5.07. The van der Waals surface area contributed by atoms with E-state index in [1.165, 1.54) is 0 Å². The lowest BCUT2D eigenvalue weighted by atomic mass is 10.1. The third-order valence-electron chi connectivity index (χ3n) is 3.04. The minimum Gasteiger partial charge on any atom is -0.381 e. The molecule has 0 spiro atoms. The summed E-state index contributed by atoms with van der Waals surface area (Å²) in [7, 11) is -2.80. The van der Waals surface area contributed by atoms with Gasteiger partial charge >= 0.3 is 0 Å². The van der Waals surface area contributed by atoms with E-state index in [2.05, 4.69) is 5.32 Å². The fourth-order valence-electron chi connectivity index (χ4n) is 1.99. The molecule has 0 bridgehead atoms. The molecule has 1 fully saturated rings. The Kier molecular flexibility index (Phi) is 3.64. The molecule has 0 radical (unpaired) electrons. The number of hydrogen-bond acceptors (Lipinski definition) is 3. The highest BCUT2D eigenvalue weighted by atomic mass is 35.5. The lowest BCUT2D eigenvalue weighted by Gasteiger charge is -2.24. The van der Waals surface area contributed by atoms with E-state index in [9.17, 15) is 8.42 Å². The third kappa shape index (κ3) is 3.36. The van der Waals surface area contributed by atoms with E-state index in [-0.39, 0.29) is 17.5 Å². The Balaban J connectivity index is 2.02. The molecular formula is C12H16ClNO2S. The molecule has 1 aliphatic heterocycles. The second-order valence-electron chi connectivity index (χ2n) is 4.55. The second-order valence-corrected chi connectivity index (χ2v) is 7.26. The molecule has 5 heteroatoms. The Morgan fingerprint density at radius 1 is 1.29 bits per heavy atom. The number of sulfone groups is 1. The molecule has 1 aromatic rings. The van der Waals surface area contributed by atoms with Crippen molar-refractivity contribution in [3.05, 3.63) is 28.8 Å². The van der Waals surface area contributed by atoms with Crippen molar-refractivity contribution in [3.8, 4) is 0 Å². The molecule has 0 atom stereocenters. The van der Waals surface area contributed by atoms with Gasteiger partial charge in [-0.25, -0.2) is 8.42 Å². The Labute approximate surface area is 107 Å². The fraction of sp³-hybridized carbons (Fsp3) is 0.500. The minimum absolute atomic E-state index is 0.207. The van der Waals surface area contributed by atoms with Crippen LogP contribution in [-0.2, 0) is 9.84 Å². The van der Waals surface area contributed by atoms with Crippen LogP contribution in [0.15, 0.2) is 18.2 Å². The van der Waals surface area contributed by atoms with Crippen LogP contribution in [0.5, 0.6) is 0 Å². The summed E-state index contributed by atoms with van der Waals surface area (Å²) in [4.78, 5) is 0. The number of hydrogen-bond donors (Lipinski definition) is 1. The molecule has 1 heterocycles. The molecular weight excluding hydrogens is 258 g/mol. The van der Waals surface area contributed by atoms with Crippen molar-refractivity contribution in [2.45, 2.75) is 25.8 Å². The summed E-state index contributed by atoms with van der Waals surface area (Å²) in [6, 6.07) is 6.05. The summed E-state index contributed by atoms with van der Waals surface area (Å²) in [5.41, 5.74) is 2.01. The summed E-state index contributed by atoms with van der Waals surface area (Å²) in [6.45, 7) is 1.99. The lowest BCUT2D eigenvalue weighted by molar-refractivity contribution is 0.559. The van der Waals surface area contributed by atoms with Gasteiger partial charge in [0.1, 0.15) is 9.84 Å². The first-order valence-electron chi connectivity index (χ1n) is 5.69. The molecule has 0 amide bonds. The first-order chi connectivity index (χ1) is 7.96. The van der Waals surface area contributed by atoms with Crippen LogP contribution in [0, 0.1) is 6.92 Å². The van der Waals surface area contributed by atoms with Crippen molar-refractivity contribution in [3.63, 3.8) is 0 Å². The summed E-state index contributed by atoms with van der Waals surface area (Å²) >= 11 is 6.12. The Bertz CT molecular complexity index is 499. The molecule has 2 rings (SSSR count). The van der Waals surface area contributed by atoms with Gasteiger partial charge in [0.15, 0.2) is 0 Å². The zero-order valence-corrected chi connectivity index (χ0v) is 11.3. The summed E-state index contributed by atoms with van der Waals surface area (Å²) in [5, 5.41) is 4.01. The summed E-state index contributed by atoms with van der Waals surface area (Å²) < 4.78 is 22.6. The van der Waals surface area contributed by atoms with Gasteiger partial charge in [-0.05, 0) is 37.5 Å². The molecule has 0 unspecified atom stereocenters. The Morgan fingerprint density at radius 3 is 2.53 bits per heavy atom. The van der Waals surface area contributed by atoms with Gasteiger partial charge in [0, 0.05) is 6.04 Å². The van der Waals surface area contributed by atoms with E-state index in [0.717, 1.165) is 11.3 Å². The largest absolute Gasteiger partial charge is 0.381 e. The average molecular weight is 274 g/mol. The lowest BCUT2D eigenvalue weighted by Crippen LogP contribution is -2.32. The minimum atomic E-state index is -2.80. The molecule has 17 heavy (non-hydrogen) atoms. The van der Waals surface area contributed by atoms with E-state index in [1.54, 1.807) is 0 Å². The predicted octanol–water partition coefficient (Wildman–Crippen LogP) is 2.64. The van der Waals surface area contributed by atoms with Gasteiger partial charge in [-0.2, -0.15) is 0 Å². The molecule has 1 aromatic carbocycles. The van der Waals surface area contributed by atoms with Crippen LogP contribution >= 0.6 is 11.6 Å². The fourth-order valence-corrected chi connectivity index (χ4v) is 3.77. The smallest absolute Gasteiger partial charge is 0.150 e. The number of nitrogens with one attached hydrogen (secondary N) is 1. The van der Waals surface area contributed by atoms with Crippen LogP contribution in [0.2, 0.25) is 5.02 Å². The Hall–Kier alpha value is -0.740. The first kappa shape index (κ1) is 12.7. The van der Waals surface area contributed by atoms with Gasteiger partial charge in [-0.1, -0.05) is 17.7 Å². The monoisotopic (exact) mass is 273 g/mol. The van der Waals surface area contributed by atoms with Gasteiger partial charge in [-0.15, -0.1) is 0 Å². The van der Waals surface area contributed by atoms with Crippen LogP contribution in [-0.4, -0.2) is 26.0 Å². The zero-order chi connectivity index (χ0) is 12.5. The van der Waals surface area contributed by atoms with E-state index < -0.39 is 9.84 Å². The van der Waals surface area contributed by atoms with E-state index >= 15 is 0 Å². The predicted molar refractivity (Wildman–Crippen MR) is 71.5 cm³/mol. The highest BCUT2D eigenvalue weighted by Crippen LogP contribution is 2.25. The van der Waals surface area contributed by atoms with Crippen LogP contribution in [0.25, 0.3) is 0 Å². The molecule has 0 aromatic heterocycles. The van der Waals surface area contributed by atoms with Crippen molar-refractivity contribution in [2.24, 2.45) is 0 Å². The highest BCUT2D eigenvalue weighted by Gasteiger charge is 2.23. The Morgan fingerprint density at radius 2 is 1.94 bits per heavy atom. The topological polar surface area (TPSA) is 46.2 Å². The maximum Gasteiger partial charge on any atom is 0.150 e. The van der Waals surface area contributed by atoms with Gasteiger partial charge < -0.3 is 5.32 Å². The van der Waals surface area contributed by atoms with E-state index in [0.29, 0.717) is 17.9 Å². The van der Waals surface area contributed by atoms with E-state index in [1.807, 2.05) is 25.1 Å². The average Bonchev–Trinajstić information content (AvgIpc) is 2.25.